The summed E-state index contributed by atoms with van der Waals surface area (Å²) in [5.41, 5.74) is -0.0204. The lowest BCUT2D eigenvalue weighted by Crippen LogP contribution is -2.57. The van der Waals surface area contributed by atoms with E-state index in [2.05, 4.69) is 5.32 Å². The van der Waals surface area contributed by atoms with Crippen molar-refractivity contribution >= 4 is 5.91 Å². The summed E-state index contributed by atoms with van der Waals surface area (Å²) in [6, 6.07) is 5.59. The Balaban J connectivity index is 2.40. The third-order valence-electron chi connectivity index (χ3n) is 3.19. The van der Waals surface area contributed by atoms with Crippen molar-refractivity contribution in [3.63, 3.8) is 0 Å². The largest absolute Gasteiger partial charge is 0.355 e. The van der Waals surface area contributed by atoms with Gasteiger partial charge in [-0.2, -0.15) is 17.6 Å². The number of alkyl halides is 4. The van der Waals surface area contributed by atoms with Crippen molar-refractivity contribution in [3.05, 3.63) is 35.4 Å². The second-order valence-electron chi connectivity index (χ2n) is 4.25. The monoisotopic (exact) mass is 261 g/mol. The molecule has 1 N–H and O–H groups in total. The summed E-state index contributed by atoms with van der Waals surface area (Å²) in [6.45, 7) is 0. The maximum atomic E-state index is 13.3. The Kier molecular flexibility index (Phi) is 2.83. The van der Waals surface area contributed by atoms with E-state index in [9.17, 15) is 22.4 Å². The summed E-state index contributed by atoms with van der Waals surface area (Å²) < 4.78 is 52.3. The molecule has 1 unspecified atom stereocenters. The van der Waals surface area contributed by atoms with E-state index < -0.39 is 30.1 Å². The molecule has 0 bridgehead atoms. The average molecular weight is 261 g/mol. The van der Waals surface area contributed by atoms with E-state index in [0.717, 1.165) is 0 Å². The topological polar surface area (TPSA) is 29.1 Å². The summed E-state index contributed by atoms with van der Waals surface area (Å²) in [5, 5.41) is 2.30. The number of nitrogens with one attached hydrogen (secondary N) is 1. The second kappa shape index (κ2) is 3.96. The van der Waals surface area contributed by atoms with Crippen LogP contribution in [0.1, 0.15) is 28.3 Å². The maximum Gasteiger partial charge on any atom is 0.317 e. The number of hydrogen-bond donors (Lipinski definition) is 1. The maximum absolute atomic E-state index is 13.3. The molecule has 1 saturated carbocycles. The van der Waals surface area contributed by atoms with Gasteiger partial charge in [0, 0.05) is 19.0 Å². The molecule has 2 rings (SSSR count). The van der Waals surface area contributed by atoms with Crippen LogP contribution in [0.5, 0.6) is 0 Å². The molecule has 1 aromatic carbocycles. The Morgan fingerprint density at radius 2 is 1.89 bits per heavy atom. The lowest BCUT2D eigenvalue weighted by Gasteiger charge is -2.44. The van der Waals surface area contributed by atoms with Gasteiger partial charge in [-0.25, -0.2) is 0 Å². The van der Waals surface area contributed by atoms with Crippen LogP contribution in [0.2, 0.25) is 0 Å². The minimum atomic E-state index is -4.10. The Hall–Kier alpha value is -1.59. The van der Waals surface area contributed by atoms with Gasteiger partial charge in [0.15, 0.2) is 0 Å². The highest BCUT2D eigenvalue weighted by Crippen LogP contribution is 2.60. The van der Waals surface area contributed by atoms with Gasteiger partial charge < -0.3 is 5.32 Å². The van der Waals surface area contributed by atoms with Crippen LogP contribution < -0.4 is 5.32 Å². The zero-order valence-electron chi connectivity index (χ0n) is 9.51. The minimum Gasteiger partial charge on any atom is -0.355 e. The van der Waals surface area contributed by atoms with Crippen LogP contribution in [0.4, 0.5) is 17.6 Å². The fraction of sp³-hybridized carbons (Fsp3) is 0.417. The molecule has 6 heteroatoms. The Morgan fingerprint density at radius 3 is 2.39 bits per heavy atom. The average Bonchev–Trinajstić information content (AvgIpc) is 2.35. The fourth-order valence-corrected chi connectivity index (χ4v) is 2.09. The molecule has 0 aromatic heterocycles. The smallest absolute Gasteiger partial charge is 0.317 e. The van der Waals surface area contributed by atoms with Crippen molar-refractivity contribution in [1.82, 2.24) is 5.32 Å². The molecule has 0 heterocycles. The van der Waals surface area contributed by atoms with Gasteiger partial charge in [0.1, 0.15) is 0 Å². The first-order valence-electron chi connectivity index (χ1n) is 5.38. The van der Waals surface area contributed by atoms with E-state index in [4.69, 9.17) is 0 Å². The molecule has 0 spiro atoms. The summed E-state index contributed by atoms with van der Waals surface area (Å²) >= 11 is 0. The molecule has 0 saturated heterocycles. The molecule has 1 aromatic rings. The predicted molar refractivity (Wildman–Crippen MR) is 57.1 cm³/mol. The van der Waals surface area contributed by atoms with Crippen molar-refractivity contribution < 1.29 is 22.4 Å². The lowest BCUT2D eigenvalue weighted by atomic mass is 9.71. The summed E-state index contributed by atoms with van der Waals surface area (Å²) in [4.78, 5) is 11.5. The van der Waals surface area contributed by atoms with Crippen molar-refractivity contribution in [2.75, 3.05) is 7.05 Å². The number of benzene rings is 1. The Morgan fingerprint density at radius 1 is 1.28 bits per heavy atom. The van der Waals surface area contributed by atoms with Crippen LogP contribution in [0.25, 0.3) is 0 Å². The molecule has 1 aliphatic carbocycles. The lowest BCUT2D eigenvalue weighted by molar-refractivity contribution is -0.290. The van der Waals surface area contributed by atoms with Crippen molar-refractivity contribution in [2.24, 2.45) is 0 Å². The van der Waals surface area contributed by atoms with Crippen LogP contribution in [-0.2, 0) is 0 Å². The molecule has 1 aliphatic rings. The van der Waals surface area contributed by atoms with Gasteiger partial charge in [-0.1, -0.05) is 18.2 Å². The number of hydrogen-bond acceptors (Lipinski definition) is 1. The fourth-order valence-electron chi connectivity index (χ4n) is 2.09. The van der Waals surface area contributed by atoms with Crippen LogP contribution in [0.15, 0.2) is 24.3 Å². The summed E-state index contributed by atoms with van der Waals surface area (Å²) in [6.07, 6.45) is -0.937. The molecule has 2 nitrogen and oxygen atoms in total. The molecule has 1 amide bonds. The Bertz CT molecular complexity index is 487. The number of amides is 1. The minimum absolute atomic E-state index is 0.0141. The zero-order chi connectivity index (χ0) is 13.6. The quantitative estimate of drug-likeness (QED) is 0.815. The first-order valence-corrected chi connectivity index (χ1v) is 5.38. The first-order chi connectivity index (χ1) is 8.31. The van der Waals surface area contributed by atoms with Crippen LogP contribution in [0, 0.1) is 0 Å². The van der Waals surface area contributed by atoms with E-state index in [0.29, 0.717) is 0 Å². The SMILES string of the molecule is CNC(=O)c1ccccc1C1CC(F)(F)C1(F)F. The number of rotatable bonds is 2. The van der Waals surface area contributed by atoms with E-state index in [1.165, 1.54) is 31.3 Å². The highest BCUT2D eigenvalue weighted by Gasteiger charge is 2.72. The molecule has 1 fully saturated rings. The van der Waals surface area contributed by atoms with Crippen molar-refractivity contribution in [1.29, 1.82) is 0 Å². The molecular formula is C12H11F4NO. The summed E-state index contributed by atoms with van der Waals surface area (Å²) in [5.74, 6) is -10.3. The molecule has 1 atom stereocenters. The van der Waals surface area contributed by atoms with Crippen LogP contribution in [-0.4, -0.2) is 24.8 Å². The first kappa shape index (κ1) is 12.9. The third kappa shape index (κ3) is 1.67. The molecular weight excluding hydrogens is 250 g/mol. The van der Waals surface area contributed by atoms with E-state index in [1.54, 1.807) is 0 Å². The van der Waals surface area contributed by atoms with E-state index in [-0.39, 0.29) is 11.1 Å². The third-order valence-corrected chi connectivity index (χ3v) is 3.19. The number of carbonyl (C=O) groups excluding carboxylic acids is 1. The van der Waals surface area contributed by atoms with Gasteiger partial charge >= 0.3 is 11.8 Å². The van der Waals surface area contributed by atoms with E-state index >= 15 is 0 Å². The molecule has 0 radical (unpaired) electrons. The highest BCUT2D eigenvalue weighted by atomic mass is 19.3. The number of halogens is 4. The predicted octanol–water partition coefficient (Wildman–Crippen LogP) is 2.80. The van der Waals surface area contributed by atoms with Crippen molar-refractivity contribution in [3.8, 4) is 0 Å². The van der Waals surface area contributed by atoms with Crippen LogP contribution in [0.3, 0.4) is 0 Å². The van der Waals surface area contributed by atoms with Crippen molar-refractivity contribution in [2.45, 2.75) is 24.2 Å². The van der Waals surface area contributed by atoms with Gasteiger partial charge in [0.2, 0.25) is 0 Å². The second-order valence-corrected chi connectivity index (χ2v) is 4.25. The summed E-state index contributed by atoms with van der Waals surface area (Å²) in [7, 11) is 1.35. The molecule has 0 aliphatic heterocycles. The van der Waals surface area contributed by atoms with Gasteiger partial charge in [-0.15, -0.1) is 0 Å². The zero-order valence-corrected chi connectivity index (χ0v) is 9.51. The van der Waals surface area contributed by atoms with Gasteiger partial charge in [-0.05, 0) is 11.6 Å². The van der Waals surface area contributed by atoms with Gasteiger partial charge in [0.25, 0.3) is 5.91 Å². The Labute approximate surface area is 101 Å². The normalized spacial score (nSPS) is 24.2. The van der Waals surface area contributed by atoms with E-state index in [1.807, 2.05) is 0 Å². The van der Waals surface area contributed by atoms with Gasteiger partial charge in [-0.3, -0.25) is 4.79 Å². The number of carbonyl (C=O) groups is 1. The van der Waals surface area contributed by atoms with Crippen LogP contribution >= 0.6 is 0 Å². The highest BCUT2D eigenvalue weighted by molar-refractivity contribution is 5.95. The molecule has 98 valence electrons. The van der Waals surface area contributed by atoms with Gasteiger partial charge in [0.05, 0.1) is 5.92 Å². The molecule has 18 heavy (non-hydrogen) atoms. The standard InChI is InChI=1S/C12H11F4NO/c1-17-10(18)8-5-3-2-4-7(8)9-6-11(13,14)12(9,15)16/h2-5,9H,6H2,1H3,(H,17,18).